The summed E-state index contributed by atoms with van der Waals surface area (Å²) in [5, 5.41) is 1.89. The molecule has 1 amide bonds. The summed E-state index contributed by atoms with van der Waals surface area (Å²) in [6, 6.07) is 10.8. The average molecular weight is 351 g/mol. The van der Waals surface area contributed by atoms with E-state index in [1.54, 1.807) is 18.2 Å². The van der Waals surface area contributed by atoms with E-state index in [0.717, 1.165) is 29.5 Å². The molecule has 1 aromatic carbocycles. The monoisotopic (exact) mass is 351 g/mol. The molecule has 0 unspecified atom stereocenters. The van der Waals surface area contributed by atoms with Crippen LogP contribution in [0.3, 0.4) is 0 Å². The zero-order valence-corrected chi connectivity index (χ0v) is 14.3. The minimum atomic E-state index is -3.56. The molecule has 0 N–H and O–H groups in total. The first kappa shape index (κ1) is 16.0. The summed E-state index contributed by atoms with van der Waals surface area (Å²) in [6.45, 7) is 0.447. The number of benzene rings is 1. The maximum atomic E-state index is 12.6. The standard InChI is InChI=1S/C16H17NO4S2/c1-23(19,20)21-14-5-2-4-12(10-14)11-17(13-7-8-13)16(18)15-6-3-9-22-15/h2-6,9-10,13H,7-8,11H2,1H3. The molecule has 1 fully saturated rings. The van der Waals surface area contributed by atoms with Crippen LogP contribution in [-0.2, 0) is 16.7 Å². The molecule has 1 saturated carbocycles. The Labute approximate surface area is 139 Å². The lowest BCUT2D eigenvalue weighted by Gasteiger charge is -2.22. The Balaban J connectivity index is 1.78. The fraction of sp³-hybridized carbons (Fsp3) is 0.312. The third-order valence-electron chi connectivity index (χ3n) is 3.48. The van der Waals surface area contributed by atoms with E-state index in [-0.39, 0.29) is 17.7 Å². The van der Waals surface area contributed by atoms with Crippen molar-refractivity contribution in [2.75, 3.05) is 6.26 Å². The number of rotatable bonds is 6. The summed E-state index contributed by atoms with van der Waals surface area (Å²) >= 11 is 1.43. The van der Waals surface area contributed by atoms with Crippen molar-refractivity contribution >= 4 is 27.4 Å². The lowest BCUT2D eigenvalue weighted by Crippen LogP contribution is -2.32. The van der Waals surface area contributed by atoms with Gasteiger partial charge >= 0.3 is 10.1 Å². The predicted molar refractivity (Wildman–Crippen MR) is 89.1 cm³/mol. The molecule has 1 aliphatic carbocycles. The van der Waals surface area contributed by atoms with E-state index in [1.165, 1.54) is 11.3 Å². The fourth-order valence-electron chi connectivity index (χ4n) is 2.36. The number of nitrogens with zero attached hydrogens (tertiary/aromatic N) is 1. The van der Waals surface area contributed by atoms with Gasteiger partial charge in [0.2, 0.25) is 0 Å². The minimum absolute atomic E-state index is 0.0249. The lowest BCUT2D eigenvalue weighted by molar-refractivity contribution is 0.0734. The van der Waals surface area contributed by atoms with Crippen LogP contribution < -0.4 is 4.18 Å². The molecule has 23 heavy (non-hydrogen) atoms. The number of carbonyl (C=O) groups excluding carboxylic acids is 1. The summed E-state index contributed by atoms with van der Waals surface area (Å²) in [6.07, 6.45) is 3.03. The molecule has 7 heteroatoms. The van der Waals surface area contributed by atoms with Gasteiger partial charge in [-0.15, -0.1) is 11.3 Å². The summed E-state index contributed by atoms with van der Waals surface area (Å²) in [7, 11) is -3.56. The first-order valence-electron chi connectivity index (χ1n) is 7.25. The van der Waals surface area contributed by atoms with Crippen molar-refractivity contribution < 1.29 is 17.4 Å². The van der Waals surface area contributed by atoms with Crippen LogP contribution in [0.25, 0.3) is 0 Å². The molecular formula is C16H17NO4S2. The van der Waals surface area contributed by atoms with Crippen LogP contribution >= 0.6 is 11.3 Å². The highest BCUT2D eigenvalue weighted by atomic mass is 32.2. The third-order valence-corrected chi connectivity index (χ3v) is 4.83. The summed E-state index contributed by atoms with van der Waals surface area (Å²) in [5.74, 6) is 0.293. The molecule has 0 bridgehead atoms. The van der Waals surface area contributed by atoms with Gasteiger partial charge in [0, 0.05) is 12.6 Å². The van der Waals surface area contributed by atoms with Gasteiger partial charge < -0.3 is 9.08 Å². The maximum absolute atomic E-state index is 12.6. The zero-order valence-electron chi connectivity index (χ0n) is 12.6. The van der Waals surface area contributed by atoms with E-state index in [2.05, 4.69) is 0 Å². The molecule has 1 heterocycles. The van der Waals surface area contributed by atoms with Crippen LogP contribution in [0, 0.1) is 0 Å². The van der Waals surface area contributed by atoms with E-state index in [0.29, 0.717) is 6.54 Å². The molecule has 3 rings (SSSR count). The predicted octanol–water partition coefficient (Wildman–Crippen LogP) is 2.89. The Bertz CT molecular complexity index is 795. The number of amides is 1. The van der Waals surface area contributed by atoms with Crippen LogP contribution in [0.1, 0.15) is 28.1 Å². The van der Waals surface area contributed by atoms with E-state index in [9.17, 15) is 13.2 Å². The van der Waals surface area contributed by atoms with Crippen LogP contribution in [0.4, 0.5) is 0 Å². The Morgan fingerprint density at radius 3 is 2.70 bits per heavy atom. The largest absolute Gasteiger partial charge is 0.383 e. The third kappa shape index (κ3) is 4.33. The second-order valence-electron chi connectivity index (χ2n) is 5.58. The summed E-state index contributed by atoms with van der Waals surface area (Å²) < 4.78 is 27.4. The van der Waals surface area contributed by atoms with Crippen LogP contribution in [0.2, 0.25) is 0 Å². The molecular weight excluding hydrogens is 334 g/mol. The molecule has 0 saturated heterocycles. The Hall–Kier alpha value is -1.86. The van der Waals surface area contributed by atoms with Crippen LogP contribution in [-0.4, -0.2) is 31.5 Å². The first-order chi connectivity index (χ1) is 10.9. The van der Waals surface area contributed by atoms with Gasteiger partial charge in [-0.05, 0) is 42.0 Å². The molecule has 0 atom stereocenters. The average Bonchev–Trinajstić information content (AvgIpc) is 3.16. The number of carbonyl (C=O) groups is 1. The zero-order chi connectivity index (χ0) is 16.4. The van der Waals surface area contributed by atoms with Crippen molar-refractivity contribution in [3.8, 4) is 5.75 Å². The van der Waals surface area contributed by atoms with Gasteiger partial charge in [-0.25, -0.2) is 0 Å². The molecule has 5 nitrogen and oxygen atoms in total. The van der Waals surface area contributed by atoms with Crippen molar-refractivity contribution in [2.45, 2.75) is 25.4 Å². The van der Waals surface area contributed by atoms with E-state index >= 15 is 0 Å². The summed E-state index contributed by atoms with van der Waals surface area (Å²) in [4.78, 5) is 15.2. The Kier molecular flexibility index (Phi) is 4.41. The highest BCUT2D eigenvalue weighted by Crippen LogP contribution is 2.31. The lowest BCUT2D eigenvalue weighted by atomic mass is 10.2. The van der Waals surface area contributed by atoms with Crippen molar-refractivity contribution in [2.24, 2.45) is 0 Å². The molecule has 0 aliphatic heterocycles. The summed E-state index contributed by atoms with van der Waals surface area (Å²) in [5.41, 5.74) is 0.850. The second kappa shape index (κ2) is 6.33. The first-order valence-corrected chi connectivity index (χ1v) is 9.95. The molecule has 0 spiro atoms. The van der Waals surface area contributed by atoms with Gasteiger partial charge in [0.05, 0.1) is 11.1 Å². The fourth-order valence-corrected chi connectivity index (χ4v) is 3.49. The normalized spacial score (nSPS) is 14.5. The molecule has 1 aromatic heterocycles. The topological polar surface area (TPSA) is 63.7 Å². The van der Waals surface area contributed by atoms with Gasteiger partial charge in [-0.1, -0.05) is 18.2 Å². The molecule has 1 aliphatic rings. The highest BCUT2D eigenvalue weighted by molar-refractivity contribution is 7.86. The van der Waals surface area contributed by atoms with Gasteiger partial charge in [0.25, 0.3) is 5.91 Å². The van der Waals surface area contributed by atoms with Gasteiger partial charge in [0.1, 0.15) is 5.75 Å². The molecule has 2 aromatic rings. The number of thiophene rings is 1. The SMILES string of the molecule is CS(=O)(=O)Oc1cccc(CN(C(=O)c2cccs2)C2CC2)c1. The van der Waals surface area contributed by atoms with E-state index in [1.807, 2.05) is 28.5 Å². The van der Waals surface area contributed by atoms with Crippen molar-refractivity contribution in [3.05, 3.63) is 52.2 Å². The maximum Gasteiger partial charge on any atom is 0.306 e. The Morgan fingerprint density at radius 1 is 1.30 bits per heavy atom. The van der Waals surface area contributed by atoms with Crippen molar-refractivity contribution in [1.82, 2.24) is 4.90 Å². The van der Waals surface area contributed by atoms with E-state index in [4.69, 9.17) is 4.18 Å². The van der Waals surface area contributed by atoms with Gasteiger partial charge in [-0.2, -0.15) is 8.42 Å². The Morgan fingerprint density at radius 2 is 2.09 bits per heavy atom. The van der Waals surface area contributed by atoms with Crippen molar-refractivity contribution in [1.29, 1.82) is 0 Å². The quantitative estimate of drug-likeness (QED) is 0.751. The number of hydrogen-bond donors (Lipinski definition) is 0. The molecule has 0 radical (unpaired) electrons. The second-order valence-corrected chi connectivity index (χ2v) is 8.10. The number of hydrogen-bond acceptors (Lipinski definition) is 5. The minimum Gasteiger partial charge on any atom is -0.383 e. The molecule has 122 valence electrons. The van der Waals surface area contributed by atoms with Gasteiger partial charge in [0.15, 0.2) is 0 Å². The van der Waals surface area contributed by atoms with Crippen molar-refractivity contribution in [3.63, 3.8) is 0 Å². The highest BCUT2D eigenvalue weighted by Gasteiger charge is 2.33. The van der Waals surface area contributed by atoms with Gasteiger partial charge in [-0.3, -0.25) is 4.79 Å². The van der Waals surface area contributed by atoms with Crippen LogP contribution in [0.5, 0.6) is 5.75 Å². The van der Waals surface area contributed by atoms with Crippen LogP contribution in [0.15, 0.2) is 41.8 Å². The smallest absolute Gasteiger partial charge is 0.306 e. The van der Waals surface area contributed by atoms with E-state index < -0.39 is 10.1 Å².